The number of nitrogens with one attached hydrogen (secondary N) is 1. The summed E-state index contributed by atoms with van der Waals surface area (Å²) in [5.41, 5.74) is 0.736. The van der Waals surface area contributed by atoms with Gasteiger partial charge in [0.15, 0.2) is 11.5 Å². The van der Waals surface area contributed by atoms with Crippen molar-refractivity contribution in [1.82, 2.24) is 4.90 Å². The van der Waals surface area contributed by atoms with Gasteiger partial charge in [-0.05, 0) is 44.0 Å². The zero-order valence-corrected chi connectivity index (χ0v) is 15.1. The highest BCUT2D eigenvalue weighted by Crippen LogP contribution is 2.36. The van der Waals surface area contributed by atoms with E-state index < -0.39 is 0 Å². The second-order valence-electron chi connectivity index (χ2n) is 6.51. The number of amides is 2. The summed E-state index contributed by atoms with van der Waals surface area (Å²) in [6.07, 6.45) is 4.41. The number of carbonyl (C=O) groups excluding carboxylic acids is 1. The van der Waals surface area contributed by atoms with Gasteiger partial charge in [0.05, 0.1) is 6.04 Å². The summed E-state index contributed by atoms with van der Waals surface area (Å²) in [6.45, 7) is 3.14. The molecule has 3 heterocycles. The lowest BCUT2D eigenvalue weighted by Crippen LogP contribution is -2.37. The molecule has 2 aliphatic rings. The van der Waals surface area contributed by atoms with Crippen LogP contribution in [0.4, 0.5) is 10.5 Å². The number of ether oxygens (including phenoxy) is 2. The molecule has 0 saturated carbocycles. The summed E-state index contributed by atoms with van der Waals surface area (Å²) in [4.78, 5) is 17.5. The van der Waals surface area contributed by atoms with Gasteiger partial charge in [0.1, 0.15) is 0 Å². The summed E-state index contributed by atoms with van der Waals surface area (Å²) in [6, 6.07) is 9.93. The smallest absolute Gasteiger partial charge is 0.322 e. The second-order valence-corrected chi connectivity index (χ2v) is 7.82. The number of likely N-dealkylation sites (tertiary alicyclic amines) is 1. The van der Waals surface area contributed by atoms with Crippen LogP contribution < -0.4 is 14.8 Å². The van der Waals surface area contributed by atoms with Gasteiger partial charge in [-0.15, -0.1) is 11.3 Å². The molecular weight excluding hydrogens is 336 g/mol. The van der Waals surface area contributed by atoms with Gasteiger partial charge in [0.25, 0.3) is 0 Å². The van der Waals surface area contributed by atoms with Crippen LogP contribution in [0.1, 0.15) is 41.5 Å². The summed E-state index contributed by atoms with van der Waals surface area (Å²) in [5, 5.41) is 3.03. The highest BCUT2D eigenvalue weighted by molar-refractivity contribution is 7.12. The lowest BCUT2D eigenvalue weighted by molar-refractivity contribution is 0.174. The van der Waals surface area contributed by atoms with E-state index in [9.17, 15) is 4.79 Å². The Morgan fingerprint density at radius 3 is 2.88 bits per heavy atom. The first kappa shape index (κ1) is 16.3. The lowest BCUT2D eigenvalue weighted by Gasteiger charge is -2.29. The molecule has 1 N–H and O–H groups in total. The Morgan fingerprint density at radius 2 is 2.04 bits per heavy atom. The predicted octanol–water partition coefficient (Wildman–Crippen LogP) is 4.93. The number of anilines is 1. The van der Waals surface area contributed by atoms with Gasteiger partial charge in [0, 0.05) is 28.1 Å². The molecule has 2 aliphatic heterocycles. The number of hydrogen-bond donors (Lipinski definition) is 1. The molecular formula is C19H22N2O3S. The zero-order chi connectivity index (χ0) is 17.2. The first-order valence-corrected chi connectivity index (χ1v) is 9.56. The third kappa shape index (κ3) is 3.44. The van der Waals surface area contributed by atoms with Crippen LogP contribution >= 0.6 is 11.3 Å². The molecule has 5 nitrogen and oxygen atoms in total. The van der Waals surface area contributed by atoms with E-state index in [1.165, 1.54) is 16.2 Å². The van der Waals surface area contributed by atoms with E-state index in [1.807, 2.05) is 23.1 Å². The van der Waals surface area contributed by atoms with Crippen molar-refractivity contribution in [2.75, 3.05) is 18.7 Å². The Hall–Kier alpha value is -2.21. The molecule has 1 atom stereocenters. The third-order valence-electron chi connectivity index (χ3n) is 4.73. The van der Waals surface area contributed by atoms with E-state index in [1.54, 1.807) is 11.3 Å². The Labute approximate surface area is 151 Å². The Morgan fingerprint density at radius 1 is 1.16 bits per heavy atom. The van der Waals surface area contributed by atoms with Gasteiger partial charge in [-0.3, -0.25) is 0 Å². The standard InChI is InChI=1S/C19H22N2O3S/c1-13-6-9-18(25-13)15-5-3-2-4-10-21(15)19(22)20-14-7-8-16-17(11-14)24-12-23-16/h6-9,11,15H,2-5,10,12H2,1H3,(H,20,22)/t15-/m0/s1. The van der Waals surface area contributed by atoms with Crippen molar-refractivity contribution < 1.29 is 14.3 Å². The summed E-state index contributed by atoms with van der Waals surface area (Å²) < 4.78 is 10.7. The van der Waals surface area contributed by atoms with Crippen LogP contribution in [0.15, 0.2) is 30.3 Å². The third-order valence-corrected chi connectivity index (χ3v) is 5.83. The molecule has 0 radical (unpaired) electrons. The minimum Gasteiger partial charge on any atom is -0.454 e. The van der Waals surface area contributed by atoms with Gasteiger partial charge in [-0.1, -0.05) is 12.8 Å². The zero-order valence-electron chi connectivity index (χ0n) is 14.3. The van der Waals surface area contributed by atoms with E-state index in [2.05, 4.69) is 24.4 Å². The summed E-state index contributed by atoms with van der Waals surface area (Å²) >= 11 is 1.79. The fourth-order valence-corrected chi connectivity index (χ4v) is 4.47. The molecule has 0 bridgehead atoms. The van der Waals surface area contributed by atoms with Gasteiger partial charge >= 0.3 is 6.03 Å². The minimum atomic E-state index is -0.0446. The van der Waals surface area contributed by atoms with E-state index in [-0.39, 0.29) is 18.9 Å². The molecule has 6 heteroatoms. The lowest BCUT2D eigenvalue weighted by atomic mass is 10.1. The average Bonchev–Trinajstić information content (AvgIpc) is 3.16. The Bertz CT molecular complexity index is 774. The maximum Gasteiger partial charge on any atom is 0.322 e. The van der Waals surface area contributed by atoms with Crippen molar-refractivity contribution in [3.63, 3.8) is 0 Å². The van der Waals surface area contributed by atoms with Gasteiger partial charge in [-0.2, -0.15) is 0 Å². The number of thiophene rings is 1. The van der Waals surface area contributed by atoms with E-state index in [0.29, 0.717) is 5.75 Å². The quantitative estimate of drug-likeness (QED) is 0.828. The summed E-state index contributed by atoms with van der Waals surface area (Å²) in [7, 11) is 0. The van der Waals surface area contributed by atoms with Gasteiger partial charge in [-0.25, -0.2) is 4.79 Å². The number of nitrogens with zero attached hydrogens (tertiary/aromatic N) is 1. The van der Waals surface area contributed by atoms with Crippen LogP contribution in [-0.2, 0) is 0 Å². The maximum atomic E-state index is 13.0. The molecule has 1 saturated heterocycles. The first-order valence-electron chi connectivity index (χ1n) is 8.74. The number of urea groups is 1. The largest absolute Gasteiger partial charge is 0.454 e. The highest BCUT2D eigenvalue weighted by Gasteiger charge is 2.28. The van der Waals surface area contributed by atoms with Crippen LogP contribution in [0.2, 0.25) is 0 Å². The average molecular weight is 358 g/mol. The second kappa shape index (κ2) is 6.96. The number of aryl methyl sites for hydroxylation is 1. The van der Waals surface area contributed by atoms with Crippen molar-refractivity contribution in [2.45, 2.75) is 38.6 Å². The van der Waals surface area contributed by atoms with Gasteiger partial charge in [0.2, 0.25) is 6.79 Å². The molecule has 2 amide bonds. The number of carbonyl (C=O) groups is 1. The molecule has 0 aliphatic carbocycles. The molecule has 0 spiro atoms. The van der Waals surface area contributed by atoms with Crippen molar-refractivity contribution in [1.29, 1.82) is 0 Å². The van der Waals surface area contributed by atoms with Crippen LogP contribution in [-0.4, -0.2) is 24.3 Å². The molecule has 1 aromatic carbocycles. The molecule has 1 fully saturated rings. The number of fused-ring (bicyclic) bond motifs is 1. The van der Waals surface area contributed by atoms with Crippen LogP contribution in [0.3, 0.4) is 0 Å². The molecule has 132 valence electrons. The number of hydrogen-bond acceptors (Lipinski definition) is 4. The van der Waals surface area contributed by atoms with Crippen LogP contribution in [0.5, 0.6) is 11.5 Å². The summed E-state index contributed by atoms with van der Waals surface area (Å²) in [5.74, 6) is 1.40. The number of rotatable bonds is 2. The fraction of sp³-hybridized carbons (Fsp3) is 0.421. The first-order chi connectivity index (χ1) is 12.2. The van der Waals surface area contributed by atoms with E-state index in [4.69, 9.17) is 9.47 Å². The Kier molecular flexibility index (Phi) is 4.53. The van der Waals surface area contributed by atoms with E-state index >= 15 is 0 Å². The van der Waals surface area contributed by atoms with Crippen LogP contribution in [0, 0.1) is 6.92 Å². The van der Waals surface area contributed by atoms with Crippen molar-refractivity contribution in [2.24, 2.45) is 0 Å². The molecule has 25 heavy (non-hydrogen) atoms. The minimum absolute atomic E-state index is 0.0446. The highest BCUT2D eigenvalue weighted by atomic mass is 32.1. The fourth-order valence-electron chi connectivity index (χ4n) is 3.45. The van der Waals surface area contributed by atoms with Crippen molar-refractivity contribution in [3.8, 4) is 11.5 Å². The van der Waals surface area contributed by atoms with Gasteiger partial charge < -0.3 is 19.7 Å². The molecule has 2 aromatic rings. The number of benzene rings is 1. The topological polar surface area (TPSA) is 50.8 Å². The Balaban J connectivity index is 1.53. The SMILES string of the molecule is Cc1ccc([C@@H]2CCCCCN2C(=O)Nc2ccc3c(c2)OCO3)s1. The van der Waals surface area contributed by atoms with Crippen LogP contribution in [0.25, 0.3) is 0 Å². The van der Waals surface area contributed by atoms with E-state index in [0.717, 1.165) is 37.2 Å². The monoisotopic (exact) mass is 358 g/mol. The normalized spacial score (nSPS) is 19.6. The van der Waals surface area contributed by atoms with Crippen molar-refractivity contribution in [3.05, 3.63) is 40.1 Å². The van der Waals surface area contributed by atoms with Crippen molar-refractivity contribution >= 4 is 23.1 Å². The molecule has 1 aromatic heterocycles. The molecule has 4 rings (SSSR count). The maximum absolute atomic E-state index is 13.0. The molecule has 0 unspecified atom stereocenters. The predicted molar refractivity (Wildman–Crippen MR) is 98.6 cm³/mol.